The Hall–Kier alpha value is -0.890. The van der Waals surface area contributed by atoms with Gasteiger partial charge in [0, 0.05) is 19.0 Å². The van der Waals surface area contributed by atoms with Gasteiger partial charge in [-0.05, 0) is 6.92 Å². The molecule has 1 amide bonds. The molecule has 0 fully saturated rings. The first-order chi connectivity index (χ1) is 8.67. The molecule has 2 N–H and O–H groups in total. The molecule has 4 nitrogen and oxygen atoms in total. The highest BCUT2D eigenvalue weighted by Crippen LogP contribution is 2.14. The normalized spacial score (nSPS) is 13.1. The van der Waals surface area contributed by atoms with E-state index in [4.69, 9.17) is 18.0 Å². The average molecular weight is 300 g/mol. The topological polar surface area (TPSA) is 55.6 Å². The van der Waals surface area contributed by atoms with Crippen molar-refractivity contribution >= 4 is 23.1 Å². The van der Waals surface area contributed by atoms with Gasteiger partial charge in [-0.2, -0.15) is 13.2 Å². The largest absolute Gasteiger partial charge is 0.411 e. The zero-order chi connectivity index (χ0) is 15.1. The van der Waals surface area contributed by atoms with Crippen molar-refractivity contribution in [3.05, 3.63) is 0 Å². The maximum absolute atomic E-state index is 11.8. The highest BCUT2D eigenvalue weighted by Gasteiger charge is 2.27. The van der Waals surface area contributed by atoms with E-state index in [2.05, 4.69) is 4.74 Å². The van der Waals surface area contributed by atoms with Crippen LogP contribution in [0.5, 0.6) is 0 Å². The summed E-state index contributed by atoms with van der Waals surface area (Å²) in [7, 11) is 0. The Balaban J connectivity index is 4.05. The van der Waals surface area contributed by atoms with Crippen molar-refractivity contribution in [2.45, 2.75) is 26.4 Å². The van der Waals surface area contributed by atoms with Gasteiger partial charge in [0.2, 0.25) is 5.91 Å². The summed E-state index contributed by atoms with van der Waals surface area (Å²) in [5, 5.41) is 0. The van der Waals surface area contributed by atoms with E-state index in [1.807, 2.05) is 0 Å². The Morgan fingerprint density at radius 1 is 1.47 bits per heavy atom. The molecule has 0 aliphatic carbocycles. The third-order valence-corrected chi connectivity index (χ3v) is 2.84. The minimum atomic E-state index is -4.37. The van der Waals surface area contributed by atoms with E-state index < -0.39 is 12.8 Å². The highest BCUT2D eigenvalue weighted by atomic mass is 32.1. The molecule has 0 aliphatic heterocycles. The van der Waals surface area contributed by atoms with Crippen LogP contribution in [0.1, 0.15) is 20.3 Å². The average Bonchev–Trinajstić information content (AvgIpc) is 2.29. The second-order valence-electron chi connectivity index (χ2n) is 4.15. The van der Waals surface area contributed by atoms with Gasteiger partial charge in [0.05, 0.1) is 18.0 Å². The number of hydrogen-bond acceptors (Lipinski definition) is 3. The van der Waals surface area contributed by atoms with E-state index in [1.54, 1.807) is 13.8 Å². The lowest BCUT2D eigenvalue weighted by Crippen LogP contribution is -2.38. The van der Waals surface area contributed by atoms with Crippen LogP contribution >= 0.6 is 12.2 Å². The molecule has 0 aliphatic rings. The number of hydrogen-bond donors (Lipinski definition) is 1. The van der Waals surface area contributed by atoms with Gasteiger partial charge in [0.15, 0.2) is 0 Å². The molecule has 1 atom stereocenters. The van der Waals surface area contributed by atoms with Gasteiger partial charge >= 0.3 is 6.18 Å². The number of amides is 1. The fourth-order valence-corrected chi connectivity index (χ4v) is 1.41. The van der Waals surface area contributed by atoms with Gasteiger partial charge in [0.1, 0.15) is 6.61 Å². The molecule has 0 spiro atoms. The first-order valence-corrected chi connectivity index (χ1v) is 6.29. The Kier molecular flexibility index (Phi) is 7.93. The Morgan fingerprint density at radius 2 is 2.05 bits per heavy atom. The smallest absolute Gasteiger partial charge is 0.393 e. The number of ether oxygens (including phenoxy) is 1. The minimum absolute atomic E-state index is 0.0893. The van der Waals surface area contributed by atoms with Crippen molar-refractivity contribution in [1.29, 1.82) is 0 Å². The molecule has 0 heterocycles. The number of alkyl halides is 3. The van der Waals surface area contributed by atoms with Gasteiger partial charge in [-0.25, -0.2) is 0 Å². The number of carbonyl (C=O) groups excluding carboxylic acids is 1. The quantitative estimate of drug-likeness (QED) is 0.548. The van der Waals surface area contributed by atoms with Gasteiger partial charge in [-0.3, -0.25) is 4.79 Å². The highest BCUT2D eigenvalue weighted by molar-refractivity contribution is 7.80. The fraction of sp³-hybridized carbons (Fsp3) is 0.818. The summed E-state index contributed by atoms with van der Waals surface area (Å²) in [6.07, 6.45) is -4.46. The number of thiocarbonyl (C=S) groups is 1. The summed E-state index contributed by atoms with van der Waals surface area (Å²) < 4.78 is 39.8. The second-order valence-corrected chi connectivity index (χ2v) is 4.62. The summed E-state index contributed by atoms with van der Waals surface area (Å²) >= 11 is 4.81. The van der Waals surface area contributed by atoms with Crippen molar-refractivity contribution in [1.82, 2.24) is 4.90 Å². The molecule has 0 radical (unpaired) electrons. The Bertz CT molecular complexity index is 311. The number of nitrogens with zero attached hydrogens (tertiary/aromatic N) is 1. The molecule has 0 aromatic heterocycles. The minimum Gasteiger partial charge on any atom is -0.393 e. The Labute approximate surface area is 116 Å². The van der Waals surface area contributed by atoms with E-state index in [-0.39, 0.29) is 24.9 Å². The lowest BCUT2D eigenvalue weighted by molar-refractivity contribution is -0.175. The van der Waals surface area contributed by atoms with Crippen molar-refractivity contribution in [3.63, 3.8) is 0 Å². The first kappa shape index (κ1) is 18.1. The monoisotopic (exact) mass is 300 g/mol. The van der Waals surface area contributed by atoms with Gasteiger partial charge in [-0.1, -0.05) is 19.1 Å². The van der Waals surface area contributed by atoms with Crippen LogP contribution in [0.15, 0.2) is 0 Å². The second kappa shape index (κ2) is 8.31. The molecule has 19 heavy (non-hydrogen) atoms. The van der Waals surface area contributed by atoms with Crippen LogP contribution in [0.3, 0.4) is 0 Å². The molecule has 0 bridgehead atoms. The van der Waals surface area contributed by atoms with Gasteiger partial charge in [0.25, 0.3) is 0 Å². The standard InChI is InChI=1S/C11H19F3N2O2S/c1-3-16(6-8(2)10(15)19)9(17)4-5-18-7-11(12,13)14/h8H,3-7H2,1-2H3,(H2,15,19). The molecular formula is C11H19F3N2O2S. The van der Waals surface area contributed by atoms with Crippen LogP contribution in [0.25, 0.3) is 0 Å². The van der Waals surface area contributed by atoms with E-state index >= 15 is 0 Å². The summed E-state index contributed by atoms with van der Waals surface area (Å²) in [6.45, 7) is 2.79. The van der Waals surface area contributed by atoms with E-state index in [0.717, 1.165) is 0 Å². The maximum Gasteiger partial charge on any atom is 0.411 e. The molecule has 0 saturated carbocycles. The molecule has 1 unspecified atom stereocenters. The predicted octanol–water partition coefficient (Wildman–Crippen LogP) is 1.73. The van der Waals surface area contributed by atoms with E-state index in [9.17, 15) is 18.0 Å². The van der Waals surface area contributed by atoms with Crippen molar-refractivity contribution in [2.75, 3.05) is 26.3 Å². The number of rotatable bonds is 8. The summed E-state index contributed by atoms with van der Waals surface area (Å²) in [5.41, 5.74) is 5.45. The lowest BCUT2D eigenvalue weighted by Gasteiger charge is -2.24. The van der Waals surface area contributed by atoms with E-state index in [1.165, 1.54) is 4.90 Å². The Morgan fingerprint density at radius 3 is 2.47 bits per heavy atom. The lowest BCUT2D eigenvalue weighted by atomic mass is 10.1. The number of nitrogens with two attached hydrogens (primary N) is 1. The summed E-state index contributed by atoms with van der Waals surface area (Å²) in [4.78, 5) is 13.5. The fourth-order valence-electron chi connectivity index (χ4n) is 1.33. The van der Waals surface area contributed by atoms with Gasteiger partial charge in [-0.15, -0.1) is 0 Å². The predicted molar refractivity (Wildman–Crippen MR) is 69.7 cm³/mol. The number of carbonyl (C=O) groups is 1. The third kappa shape index (κ3) is 8.77. The third-order valence-electron chi connectivity index (χ3n) is 2.44. The molecule has 0 rings (SSSR count). The molecule has 112 valence electrons. The molecule has 8 heteroatoms. The number of halogens is 3. The van der Waals surface area contributed by atoms with E-state index in [0.29, 0.717) is 18.1 Å². The molecule has 0 aromatic rings. The van der Waals surface area contributed by atoms with Gasteiger partial charge < -0.3 is 15.4 Å². The zero-order valence-electron chi connectivity index (χ0n) is 11.0. The van der Waals surface area contributed by atoms with Crippen LogP contribution in [0.4, 0.5) is 13.2 Å². The SMILES string of the molecule is CCN(CC(C)C(N)=S)C(=O)CCOCC(F)(F)F. The zero-order valence-corrected chi connectivity index (χ0v) is 11.8. The summed E-state index contributed by atoms with van der Waals surface area (Å²) in [6, 6.07) is 0. The molecule has 0 saturated heterocycles. The molecule has 0 aromatic carbocycles. The van der Waals surface area contributed by atoms with Crippen LogP contribution in [-0.2, 0) is 9.53 Å². The van der Waals surface area contributed by atoms with Crippen molar-refractivity contribution < 1.29 is 22.7 Å². The van der Waals surface area contributed by atoms with Crippen LogP contribution < -0.4 is 5.73 Å². The van der Waals surface area contributed by atoms with Crippen molar-refractivity contribution in [3.8, 4) is 0 Å². The van der Waals surface area contributed by atoms with Crippen LogP contribution in [0, 0.1) is 5.92 Å². The molecular weight excluding hydrogens is 281 g/mol. The summed E-state index contributed by atoms with van der Waals surface area (Å²) in [5.74, 6) is -0.400. The van der Waals surface area contributed by atoms with Crippen LogP contribution in [0.2, 0.25) is 0 Å². The van der Waals surface area contributed by atoms with Crippen molar-refractivity contribution in [2.24, 2.45) is 11.7 Å². The first-order valence-electron chi connectivity index (χ1n) is 5.89. The van der Waals surface area contributed by atoms with Crippen LogP contribution in [-0.4, -0.2) is 48.3 Å². The maximum atomic E-state index is 11.8.